The van der Waals surface area contributed by atoms with Crippen LogP contribution in [-0.2, 0) is 14.3 Å². The van der Waals surface area contributed by atoms with Crippen molar-refractivity contribution < 1.29 is 19.4 Å². The lowest BCUT2D eigenvalue weighted by atomic mass is 9.46. The van der Waals surface area contributed by atoms with Gasteiger partial charge in [0.2, 0.25) is 6.29 Å². The van der Waals surface area contributed by atoms with Crippen LogP contribution in [0.1, 0.15) is 72.1 Å². The molecular formula is C25H36O4. The van der Waals surface area contributed by atoms with Crippen LogP contribution < -0.4 is 0 Å². The van der Waals surface area contributed by atoms with E-state index in [0.29, 0.717) is 29.4 Å². The average molecular weight is 401 g/mol. The van der Waals surface area contributed by atoms with Gasteiger partial charge in [0.05, 0.1) is 12.7 Å². The molecule has 0 spiro atoms. The zero-order chi connectivity index (χ0) is 20.8. The molecule has 4 nitrogen and oxygen atoms in total. The summed E-state index contributed by atoms with van der Waals surface area (Å²) in [7, 11) is 0. The van der Waals surface area contributed by atoms with Gasteiger partial charge in [-0.25, -0.2) is 4.79 Å². The molecule has 4 heteroatoms. The number of fused-ring (bicyclic) bond motifs is 1. The molecule has 0 aromatic rings. The summed E-state index contributed by atoms with van der Waals surface area (Å²) in [5.74, 6) is 0.966. The molecule has 0 bridgehead atoms. The Bertz CT molecular complexity index is 750. The number of carbonyl (C=O) groups is 1. The maximum atomic E-state index is 11.3. The number of cyclic esters (lactones) is 1. The van der Waals surface area contributed by atoms with Crippen LogP contribution in [0, 0.1) is 22.7 Å². The zero-order valence-corrected chi connectivity index (χ0v) is 18.2. The normalized spacial score (nSPS) is 42.8. The Hall–Kier alpha value is -1.39. The lowest BCUT2D eigenvalue weighted by Gasteiger charge is -2.59. The average Bonchev–Trinajstić information content (AvgIpc) is 3.04. The monoisotopic (exact) mass is 400 g/mol. The molecule has 0 saturated heterocycles. The number of ether oxygens (including phenoxy) is 2. The third kappa shape index (κ3) is 3.63. The Labute approximate surface area is 175 Å². The fourth-order valence-corrected chi connectivity index (χ4v) is 6.50. The van der Waals surface area contributed by atoms with Gasteiger partial charge in [0, 0.05) is 11.6 Å². The van der Waals surface area contributed by atoms with Gasteiger partial charge in [-0.05, 0) is 79.6 Å². The second-order valence-corrected chi connectivity index (χ2v) is 10.2. The number of aliphatic hydroxyl groups is 1. The van der Waals surface area contributed by atoms with E-state index in [1.807, 2.05) is 0 Å². The third-order valence-corrected chi connectivity index (χ3v) is 8.81. The third-order valence-electron chi connectivity index (χ3n) is 8.81. The molecule has 2 fully saturated rings. The molecule has 6 atom stereocenters. The van der Waals surface area contributed by atoms with Crippen LogP contribution in [0.15, 0.2) is 35.5 Å². The minimum atomic E-state index is -1.15. The first kappa shape index (κ1) is 20.9. The molecule has 2 heterocycles. The maximum absolute atomic E-state index is 11.3. The number of allylic oxidation sites excluding steroid dienone is 1. The van der Waals surface area contributed by atoms with Crippen LogP contribution >= 0.6 is 0 Å². The van der Waals surface area contributed by atoms with Crippen LogP contribution in [-0.4, -0.2) is 30.1 Å². The highest BCUT2D eigenvalue weighted by Gasteiger charge is 2.53. The molecule has 0 aromatic heterocycles. The molecule has 0 aromatic carbocycles. The van der Waals surface area contributed by atoms with Crippen molar-refractivity contribution in [2.24, 2.45) is 22.7 Å². The zero-order valence-electron chi connectivity index (χ0n) is 18.2. The van der Waals surface area contributed by atoms with Gasteiger partial charge in [-0.2, -0.15) is 0 Å². The van der Waals surface area contributed by atoms with E-state index >= 15 is 0 Å². The molecule has 0 radical (unpaired) electrons. The first-order chi connectivity index (χ1) is 13.7. The first-order valence-electron chi connectivity index (χ1n) is 11.3. The summed E-state index contributed by atoms with van der Waals surface area (Å²) < 4.78 is 10.8. The van der Waals surface area contributed by atoms with Gasteiger partial charge in [-0.3, -0.25) is 0 Å². The quantitative estimate of drug-likeness (QED) is 0.528. The molecule has 0 amide bonds. The lowest BCUT2D eigenvalue weighted by Crippen LogP contribution is -2.50. The summed E-state index contributed by atoms with van der Waals surface area (Å²) in [6, 6.07) is 0. The van der Waals surface area contributed by atoms with Gasteiger partial charge in [0.15, 0.2) is 0 Å². The van der Waals surface area contributed by atoms with E-state index in [0.717, 1.165) is 18.3 Å². The van der Waals surface area contributed by atoms with Crippen molar-refractivity contribution in [1.82, 2.24) is 0 Å². The number of carbonyl (C=O) groups excluding carboxylic acids is 1. The molecule has 1 N–H and O–H groups in total. The van der Waals surface area contributed by atoms with Gasteiger partial charge < -0.3 is 14.6 Å². The standard InChI is InChI=1S/C25H36O4/c1-16-6-5-7-21-24(16,3)12-10-17(2)25(21,4)13-11-18-8-9-20(28-15-18)19-14-22(26)29-23(19)27/h8,14,17,20-21,23,27H,1,5-7,9-13,15H2,2-4H3/t17-,20+,21-,23+,24-,25-/m1/s1. The van der Waals surface area contributed by atoms with Gasteiger partial charge >= 0.3 is 5.97 Å². The van der Waals surface area contributed by atoms with E-state index in [2.05, 4.69) is 33.4 Å². The molecule has 2 saturated carbocycles. The summed E-state index contributed by atoms with van der Waals surface area (Å²) in [6.07, 6.45) is 11.6. The van der Waals surface area contributed by atoms with Crippen molar-refractivity contribution in [3.05, 3.63) is 35.5 Å². The molecule has 2 aliphatic carbocycles. The largest absolute Gasteiger partial charge is 0.429 e. The van der Waals surface area contributed by atoms with Crippen molar-refractivity contribution in [3.63, 3.8) is 0 Å². The maximum Gasteiger partial charge on any atom is 0.333 e. The van der Waals surface area contributed by atoms with Crippen molar-refractivity contribution in [2.45, 2.75) is 84.5 Å². The smallest absolute Gasteiger partial charge is 0.333 e. The first-order valence-corrected chi connectivity index (χ1v) is 11.3. The fraction of sp³-hybridized carbons (Fsp3) is 0.720. The van der Waals surface area contributed by atoms with E-state index in [1.165, 1.54) is 55.7 Å². The van der Waals surface area contributed by atoms with Crippen LogP contribution in [0.5, 0.6) is 0 Å². The van der Waals surface area contributed by atoms with Crippen molar-refractivity contribution >= 4 is 5.97 Å². The number of rotatable bonds is 4. The summed E-state index contributed by atoms with van der Waals surface area (Å²) >= 11 is 0. The summed E-state index contributed by atoms with van der Waals surface area (Å²) in [5.41, 5.74) is 4.01. The highest BCUT2D eigenvalue weighted by Crippen LogP contribution is 2.62. The van der Waals surface area contributed by atoms with Crippen LogP contribution in [0.4, 0.5) is 0 Å². The molecule has 2 aliphatic heterocycles. The van der Waals surface area contributed by atoms with Crippen LogP contribution in [0.3, 0.4) is 0 Å². The highest BCUT2D eigenvalue weighted by molar-refractivity contribution is 5.85. The summed E-state index contributed by atoms with van der Waals surface area (Å²) in [4.78, 5) is 11.3. The minimum absolute atomic E-state index is 0.255. The molecule has 4 rings (SSSR count). The Morgan fingerprint density at radius 2 is 2.10 bits per heavy atom. The molecular weight excluding hydrogens is 364 g/mol. The minimum Gasteiger partial charge on any atom is -0.429 e. The van der Waals surface area contributed by atoms with Crippen molar-refractivity contribution in [2.75, 3.05) is 6.61 Å². The van der Waals surface area contributed by atoms with Gasteiger partial charge in [-0.15, -0.1) is 0 Å². The predicted molar refractivity (Wildman–Crippen MR) is 113 cm³/mol. The number of esters is 1. The Kier molecular flexibility index (Phi) is 5.54. The molecule has 4 aliphatic rings. The van der Waals surface area contributed by atoms with E-state index in [1.54, 1.807) is 0 Å². The Morgan fingerprint density at radius 1 is 1.31 bits per heavy atom. The highest BCUT2D eigenvalue weighted by atomic mass is 16.6. The Morgan fingerprint density at radius 3 is 2.76 bits per heavy atom. The van der Waals surface area contributed by atoms with Crippen molar-refractivity contribution in [1.29, 1.82) is 0 Å². The molecule has 160 valence electrons. The number of hydrogen-bond donors (Lipinski definition) is 1. The van der Waals surface area contributed by atoms with Gasteiger partial charge in [0.25, 0.3) is 0 Å². The van der Waals surface area contributed by atoms with Crippen molar-refractivity contribution in [3.8, 4) is 0 Å². The van der Waals surface area contributed by atoms with Crippen LogP contribution in [0.25, 0.3) is 0 Å². The van der Waals surface area contributed by atoms with E-state index < -0.39 is 12.3 Å². The van der Waals surface area contributed by atoms with Gasteiger partial charge in [-0.1, -0.05) is 39.0 Å². The van der Waals surface area contributed by atoms with Crippen LogP contribution in [0.2, 0.25) is 0 Å². The number of hydrogen-bond acceptors (Lipinski definition) is 4. The SMILES string of the molecule is C=C1CCC[C@H]2[C@](C)(CCC3=CC[C@@H](C4=CC(=O)O[C@@H]4O)OC3)[C@H](C)CC[C@]12C. The molecule has 0 unspecified atom stereocenters. The predicted octanol–water partition coefficient (Wildman–Crippen LogP) is 5.08. The second kappa shape index (κ2) is 7.70. The number of aliphatic hydroxyl groups excluding tert-OH is 1. The van der Waals surface area contributed by atoms with Gasteiger partial charge in [0.1, 0.15) is 0 Å². The second-order valence-electron chi connectivity index (χ2n) is 10.2. The topological polar surface area (TPSA) is 55.8 Å². The summed E-state index contributed by atoms with van der Waals surface area (Å²) in [6.45, 7) is 12.5. The Balaban J connectivity index is 1.42. The van der Waals surface area contributed by atoms with E-state index in [4.69, 9.17) is 9.47 Å². The molecule has 29 heavy (non-hydrogen) atoms. The fourth-order valence-electron chi connectivity index (χ4n) is 6.50. The van der Waals surface area contributed by atoms with E-state index in [9.17, 15) is 9.90 Å². The summed E-state index contributed by atoms with van der Waals surface area (Å²) in [5, 5.41) is 9.85. The lowest BCUT2D eigenvalue weighted by molar-refractivity contribution is -0.152. The van der Waals surface area contributed by atoms with E-state index in [-0.39, 0.29) is 6.10 Å².